The Hall–Kier alpha value is -1.50. The molecule has 20 heavy (non-hydrogen) atoms. The highest BCUT2D eigenvalue weighted by Gasteiger charge is 2.37. The van der Waals surface area contributed by atoms with Crippen molar-refractivity contribution in [2.45, 2.75) is 18.8 Å². The van der Waals surface area contributed by atoms with Gasteiger partial charge in [0.1, 0.15) is 0 Å². The molecule has 0 atom stereocenters. The van der Waals surface area contributed by atoms with Gasteiger partial charge in [-0.15, -0.1) is 0 Å². The minimum atomic E-state index is -4.81. The fourth-order valence-corrected chi connectivity index (χ4v) is 1.97. The van der Waals surface area contributed by atoms with E-state index < -0.39 is 23.5 Å². The van der Waals surface area contributed by atoms with E-state index in [-0.39, 0.29) is 11.6 Å². The van der Waals surface area contributed by atoms with Crippen molar-refractivity contribution in [1.82, 2.24) is 5.32 Å². The van der Waals surface area contributed by atoms with Crippen molar-refractivity contribution < 1.29 is 26.3 Å². The number of hydrogen-bond donors (Lipinski definition) is 0. The lowest BCUT2D eigenvalue weighted by Gasteiger charge is -2.17. The lowest BCUT2D eigenvalue weighted by molar-refractivity contribution is -0.143. The number of rotatable bonds is 1. The van der Waals surface area contributed by atoms with E-state index in [1.807, 2.05) is 0 Å². The summed E-state index contributed by atoms with van der Waals surface area (Å²) < 4.78 is 76.2. The number of halogens is 6. The van der Waals surface area contributed by atoms with Gasteiger partial charge < -0.3 is 0 Å². The second-order valence-corrected chi connectivity index (χ2v) is 4.40. The summed E-state index contributed by atoms with van der Waals surface area (Å²) in [4.78, 5) is 0. The van der Waals surface area contributed by atoms with E-state index in [4.69, 9.17) is 0 Å². The fourth-order valence-electron chi connectivity index (χ4n) is 1.97. The highest BCUT2D eigenvalue weighted by Crippen LogP contribution is 2.38. The van der Waals surface area contributed by atoms with Gasteiger partial charge in [-0.2, -0.15) is 26.3 Å². The third-order valence-electron chi connectivity index (χ3n) is 2.96. The van der Waals surface area contributed by atoms with Crippen molar-refractivity contribution in [3.05, 3.63) is 41.0 Å². The maximum Gasteiger partial charge on any atom is 0.416 e. The minimum Gasteiger partial charge on any atom is -0.237 e. The molecule has 1 heterocycles. The van der Waals surface area contributed by atoms with Gasteiger partial charge in [-0.1, -0.05) is 6.08 Å². The van der Waals surface area contributed by atoms with E-state index in [2.05, 4.69) is 5.32 Å². The Morgan fingerprint density at radius 2 is 1.40 bits per heavy atom. The molecule has 0 unspecified atom stereocenters. The molecule has 0 spiro atoms. The quantitative estimate of drug-likeness (QED) is 0.692. The maximum absolute atomic E-state index is 12.7. The van der Waals surface area contributed by atoms with Crippen LogP contribution in [0.25, 0.3) is 5.57 Å². The van der Waals surface area contributed by atoms with Crippen LogP contribution in [0.4, 0.5) is 26.3 Å². The van der Waals surface area contributed by atoms with Crippen LogP contribution in [0.2, 0.25) is 0 Å². The molecule has 0 fully saturated rings. The van der Waals surface area contributed by atoms with Gasteiger partial charge in [0.25, 0.3) is 0 Å². The van der Waals surface area contributed by atoms with Gasteiger partial charge in [-0.25, -0.2) is 5.32 Å². The van der Waals surface area contributed by atoms with Crippen LogP contribution in [0.5, 0.6) is 0 Å². The van der Waals surface area contributed by atoms with Crippen LogP contribution in [0, 0.1) is 0 Å². The third-order valence-corrected chi connectivity index (χ3v) is 2.96. The van der Waals surface area contributed by atoms with E-state index in [0.29, 0.717) is 25.1 Å². The van der Waals surface area contributed by atoms with Crippen LogP contribution >= 0.6 is 0 Å². The molecule has 1 radical (unpaired) electrons. The Morgan fingerprint density at radius 1 is 0.850 bits per heavy atom. The topological polar surface area (TPSA) is 14.1 Å². The van der Waals surface area contributed by atoms with Crippen LogP contribution in [-0.4, -0.2) is 13.1 Å². The van der Waals surface area contributed by atoms with Gasteiger partial charge in [-0.05, 0) is 35.8 Å². The molecular formula is C13H10F6N. The predicted molar refractivity (Wildman–Crippen MR) is 60.9 cm³/mol. The highest BCUT2D eigenvalue weighted by molar-refractivity contribution is 5.68. The molecule has 1 aromatic rings. The SMILES string of the molecule is FC(F)(F)c1cc(C2=CC[N]CC2)cc(C(F)(F)F)c1. The van der Waals surface area contributed by atoms with Crippen LogP contribution < -0.4 is 5.32 Å². The lowest BCUT2D eigenvalue weighted by Crippen LogP contribution is -2.15. The molecule has 0 N–H and O–H groups in total. The Morgan fingerprint density at radius 3 is 1.80 bits per heavy atom. The molecular weight excluding hydrogens is 284 g/mol. The Labute approximate surface area is 111 Å². The van der Waals surface area contributed by atoms with Crippen molar-refractivity contribution in [3.8, 4) is 0 Å². The molecule has 0 saturated heterocycles. The first-order valence-electron chi connectivity index (χ1n) is 5.80. The second-order valence-electron chi connectivity index (χ2n) is 4.40. The molecule has 1 aromatic carbocycles. The normalized spacial score (nSPS) is 17.0. The Balaban J connectivity index is 2.54. The molecule has 0 bridgehead atoms. The predicted octanol–water partition coefficient (Wildman–Crippen LogP) is 4.12. The summed E-state index contributed by atoms with van der Waals surface area (Å²) in [5.41, 5.74) is -2.14. The van der Waals surface area contributed by atoms with Crippen LogP contribution in [0.15, 0.2) is 24.3 Å². The van der Waals surface area contributed by atoms with Crippen molar-refractivity contribution in [2.24, 2.45) is 0 Å². The molecule has 0 saturated carbocycles. The third kappa shape index (κ3) is 3.33. The number of hydrogen-bond acceptors (Lipinski definition) is 0. The zero-order valence-electron chi connectivity index (χ0n) is 10.1. The molecule has 1 aliphatic heterocycles. The van der Waals surface area contributed by atoms with Crippen LogP contribution in [-0.2, 0) is 12.4 Å². The standard InChI is InChI=1S/C13H10F6N/c14-12(15,16)10-5-9(8-1-3-20-4-2-8)6-11(7-10)13(17,18)19/h1,5-7H,2-4H2. The summed E-state index contributed by atoms with van der Waals surface area (Å²) >= 11 is 0. The summed E-state index contributed by atoms with van der Waals surface area (Å²) in [7, 11) is 0. The first-order valence-corrected chi connectivity index (χ1v) is 5.80. The second kappa shape index (κ2) is 5.12. The van der Waals surface area contributed by atoms with Gasteiger partial charge in [-0.3, -0.25) is 0 Å². The van der Waals surface area contributed by atoms with Gasteiger partial charge in [0.2, 0.25) is 0 Å². The number of alkyl halides is 6. The van der Waals surface area contributed by atoms with Crippen LogP contribution in [0.1, 0.15) is 23.1 Å². The summed E-state index contributed by atoms with van der Waals surface area (Å²) in [5, 5.41) is 3.97. The lowest BCUT2D eigenvalue weighted by atomic mass is 9.95. The monoisotopic (exact) mass is 294 g/mol. The van der Waals surface area contributed by atoms with E-state index in [1.54, 1.807) is 6.08 Å². The summed E-state index contributed by atoms with van der Waals surface area (Å²) in [5.74, 6) is 0. The Bertz CT molecular complexity index is 494. The molecule has 0 aromatic heterocycles. The largest absolute Gasteiger partial charge is 0.416 e. The maximum atomic E-state index is 12.7. The van der Waals surface area contributed by atoms with E-state index in [0.717, 1.165) is 12.1 Å². The average Bonchev–Trinajstić information content (AvgIpc) is 2.37. The van der Waals surface area contributed by atoms with Gasteiger partial charge in [0, 0.05) is 13.1 Å². The highest BCUT2D eigenvalue weighted by atomic mass is 19.4. The summed E-state index contributed by atoms with van der Waals surface area (Å²) in [6.07, 6.45) is -7.72. The first kappa shape index (κ1) is 14.9. The van der Waals surface area contributed by atoms with Gasteiger partial charge in [0.05, 0.1) is 11.1 Å². The Kier molecular flexibility index (Phi) is 3.82. The number of nitrogens with zero attached hydrogens (tertiary/aromatic N) is 1. The van der Waals surface area contributed by atoms with Crippen molar-refractivity contribution in [3.63, 3.8) is 0 Å². The summed E-state index contributed by atoms with van der Waals surface area (Å²) in [6, 6.07) is 1.65. The van der Waals surface area contributed by atoms with E-state index >= 15 is 0 Å². The van der Waals surface area contributed by atoms with E-state index in [1.165, 1.54) is 0 Å². The van der Waals surface area contributed by atoms with Crippen LogP contribution in [0.3, 0.4) is 0 Å². The van der Waals surface area contributed by atoms with Crippen molar-refractivity contribution >= 4 is 5.57 Å². The molecule has 1 nitrogen and oxygen atoms in total. The molecule has 109 valence electrons. The minimum absolute atomic E-state index is 0.0398. The van der Waals surface area contributed by atoms with Gasteiger partial charge >= 0.3 is 12.4 Å². The molecule has 0 aliphatic carbocycles. The fraction of sp³-hybridized carbons (Fsp3) is 0.385. The van der Waals surface area contributed by atoms with E-state index in [9.17, 15) is 26.3 Å². The smallest absolute Gasteiger partial charge is 0.237 e. The van der Waals surface area contributed by atoms with Crippen molar-refractivity contribution in [2.75, 3.05) is 13.1 Å². The zero-order chi connectivity index (χ0) is 15.0. The molecule has 0 amide bonds. The first-order chi connectivity index (χ1) is 9.18. The number of benzene rings is 1. The summed E-state index contributed by atoms with van der Waals surface area (Å²) in [6.45, 7) is 0.719. The average molecular weight is 294 g/mol. The van der Waals surface area contributed by atoms with Gasteiger partial charge in [0.15, 0.2) is 0 Å². The van der Waals surface area contributed by atoms with Crippen molar-refractivity contribution in [1.29, 1.82) is 0 Å². The molecule has 7 heteroatoms. The molecule has 2 rings (SSSR count). The zero-order valence-corrected chi connectivity index (χ0v) is 10.1. The molecule has 1 aliphatic rings.